The van der Waals surface area contributed by atoms with E-state index in [0.717, 1.165) is 5.69 Å². The van der Waals surface area contributed by atoms with Crippen LogP contribution in [0.4, 0.5) is 10.2 Å². The Balaban J connectivity index is 2.13. The SMILES string of the molecule is C[C@@H](Nc1ncccc1F)c1ccn(C)n1. The molecular weight excluding hydrogens is 207 g/mol. The van der Waals surface area contributed by atoms with Gasteiger partial charge in [-0.25, -0.2) is 9.37 Å². The molecule has 0 radical (unpaired) electrons. The summed E-state index contributed by atoms with van der Waals surface area (Å²) < 4.78 is 15.0. The monoisotopic (exact) mass is 220 g/mol. The molecule has 0 saturated heterocycles. The third-order valence-corrected chi connectivity index (χ3v) is 2.29. The van der Waals surface area contributed by atoms with Gasteiger partial charge in [0.2, 0.25) is 0 Å². The maximum Gasteiger partial charge on any atom is 0.165 e. The van der Waals surface area contributed by atoms with Crippen molar-refractivity contribution >= 4 is 5.82 Å². The van der Waals surface area contributed by atoms with E-state index >= 15 is 0 Å². The van der Waals surface area contributed by atoms with Gasteiger partial charge in [-0.05, 0) is 25.1 Å². The average Bonchev–Trinajstić information content (AvgIpc) is 2.68. The van der Waals surface area contributed by atoms with Crippen molar-refractivity contribution in [3.63, 3.8) is 0 Å². The van der Waals surface area contributed by atoms with E-state index in [1.807, 2.05) is 26.2 Å². The first kappa shape index (κ1) is 10.6. The second-order valence-corrected chi connectivity index (χ2v) is 3.61. The van der Waals surface area contributed by atoms with Crippen LogP contribution in [0.15, 0.2) is 30.6 Å². The molecular formula is C11H13FN4. The highest BCUT2D eigenvalue weighted by atomic mass is 19.1. The van der Waals surface area contributed by atoms with Gasteiger partial charge in [-0.15, -0.1) is 0 Å². The molecule has 1 atom stereocenters. The molecule has 2 heterocycles. The van der Waals surface area contributed by atoms with Crippen molar-refractivity contribution < 1.29 is 4.39 Å². The van der Waals surface area contributed by atoms with Crippen molar-refractivity contribution in [3.8, 4) is 0 Å². The van der Waals surface area contributed by atoms with Gasteiger partial charge in [-0.3, -0.25) is 4.68 Å². The van der Waals surface area contributed by atoms with E-state index in [0.29, 0.717) is 0 Å². The van der Waals surface area contributed by atoms with Crippen LogP contribution in [-0.2, 0) is 7.05 Å². The van der Waals surface area contributed by atoms with Crippen molar-refractivity contribution in [1.82, 2.24) is 14.8 Å². The number of nitrogens with zero attached hydrogens (tertiary/aromatic N) is 3. The van der Waals surface area contributed by atoms with E-state index in [2.05, 4.69) is 15.4 Å². The summed E-state index contributed by atoms with van der Waals surface area (Å²) in [6.07, 6.45) is 3.40. The van der Waals surface area contributed by atoms with E-state index in [1.54, 1.807) is 16.9 Å². The molecule has 2 aromatic heterocycles. The molecule has 4 nitrogen and oxygen atoms in total. The fourth-order valence-electron chi connectivity index (χ4n) is 1.43. The number of aromatic nitrogens is 3. The Morgan fingerprint density at radius 3 is 2.88 bits per heavy atom. The molecule has 0 unspecified atom stereocenters. The number of hydrogen-bond acceptors (Lipinski definition) is 3. The number of nitrogens with one attached hydrogen (secondary N) is 1. The Morgan fingerprint density at radius 2 is 2.25 bits per heavy atom. The van der Waals surface area contributed by atoms with Crippen LogP contribution in [0.1, 0.15) is 18.7 Å². The Labute approximate surface area is 93.1 Å². The topological polar surface area (TPSA) is 42.7 Å². The number of anilines is 1. The molecule has 0 aliphatic carbocycles. The maximum atomic E-state index is 13.3. The molecule has 0 amide bonds. The second kappa shape index (κ2) is 4.30. The molecule has 5 heteroatoms. The minimum atomic E-state index is -0.356. The summed E-state index contributed by atoms with van der Waals surface area (Å²) in [5, 5.41) is 7.22. The third kappa shape index (κ3) is 2.18. The van der Waals surface area contributed by atoms with Gasteiger partial charge in [0.15, 0.2) is 11.6 Å². The van der Waals surface area contributed by atoms with Gasteiger partial charge in [-0.2, -0.15) is 5.10 Å². The Kier molecular flexibility index (Phi) is 2.85. The summed E-state index contributed by atoms with van der Waals surface area (Å²) >= 11 is 0. The minimum Gasteiger partial charge on any atom is -0.359 e. The number of pyridine rings is 1. The van der Waals surface area contributed by atoms with Crippen LogP contribution in [0.3, 0.4) is 0 Å². The van der Waals surface area contributed by atoms with Crippen molar-refractivity contribution in [2.24, 2.45) is 7.05 Å². The van der Waals surface area contributed by atoms with Crippen LogP contribution < -0.4 is 5.32 Å². The van der Waals surface area contributed by atoms with Crippen LogP contribution in [-0.4, -0.2) is 14.8 Å². The van der Waals surface area contributed by atoms with Gasteiger partial charge in [-0.1, -0.05) is 0 Å². The van der Waals surface area contributed by atoms with Gasteiger partial charge in [0, 0.05) is 19.4 Å². The number of hydrogen-bond donors (Lipinski definition) is 1. The first-order chi connectivity index (χ1) is 7.66. The molecule has 2 rings (SSSR count). The molecule has 1 N–H and O–H groups in total. The van der Waals surface area contributed by atoms with Crippen LogP contribution in [0, 0.1) is 5.82 Å². The van der Waals surface area contributed by atoms with E-state index in [1.165, 1.54) is 6.07 Å². The van der Waals surface area contributed by atoms with Crippen LogP contribution in [0.25, 0.3) is 0 Å². The Hall–Kier alpha value is -1.91. The lowest BCUT2D eigenvalue weighted by Crippen LogP contribution is -2.10. The lowest BCUT2D eigenvalue weighted by atomic mass is 10.2. The quantitative estimate of drug-likeness (QED) is 0.861. The lowest BCUT2D eigenvalue weighted by Gasteiger charge is -2.12. The fourth-order valence-corrected chi connectivity index (χ4v) is 1.43. The van der Waals surface area contributed by atoms with Crippen molar-refractivity contribution in [2.45, 2.75) is 13.0 Å². The van der Waals surface area contributed by atoms with Gasteiger partial charge in [0.1, 0.15) is 0 Å². The van der Waals surface area contributed by atoms with E-state index in [4.69, 9.17) is 0 Å². The van der Waals surface area contributed by atoms with Crippen LogP contribution in [0.5, 0.6) is 0 Å². The van der Waals surface area contributed by atoms with Crippen LogP contribution in [0.2, 0.25) is 0 Å². The summed E-state index contributed by atoms with van der Waals surface area (Å²) in [4.78, 5) is 3.93. The second-order valence-electron chi connectivity index (χ2n) is 3.61. The molecule has 0 aliphatic heterocycles. The predicted octanol–water partition coefficient (Wildman–Crippen LogP) is 2.13. The summed E-state index contributed by atoms with van der Waals surface area (Å²) in [5.74, 6) is -0.106. The standard InChI is InChI=1S/C11H13FN4/c1-8(10-5-7-16(2)15-10)14-11-9(12)4-3-6-13-11/h3-8H,1-2H3,(H,13,14)/t8-/m1/s1. The molecule has 84 valence electrons. The molecule has 0 spiro atoms. The highest BCUT2D eigenvalue weighted by molar-refractivity contribution is 5.37. The minimum absolute atomic E-state index is 0.0781. The van der Waals surface area contributed by atoms with Gasteiger partial charge in [0.05, 0.1) is 11.7 Å². The van der Waals surface area contributed by atoms with E-state index in [9.17, 15) is 4.39 Å². The smallest absolute Gasteiger partial charge is 0.165 e. The first-order valence-electron chi connectivity index (χ1n) is 5.03. The Morgan fingerprint density at radius 1 is 1.44 bits per heavy atom. The zero-order chi connectivity index (χ0) is 11.5. The highest BCUT2D eigenvalue weighted by Crippen LogP contribution is 2.17. The van der Waals surface area contributed by atoms with Gasteiger partial charge < -0.3 is 5.32 Å². The average molecular weight is 220 g/mol. The number of aryl methyl sites for hydroxylation is 1. The van der Waals surface area contributed by atoms with E-state index < -0.39 is 0 Å². The first-order valence-corrected chi connectivity index (χ1v) is 5.03. The normalized spacial score (nSPS) is 12.4. The zero-order valence-corrected chi connectivity index (χ0v) is 9.18. The highest BCUT2D eigenvalue weighted by Gasteiger charge is 2.10. The zero-order valence-electron chi connectivity index (χ0n) is 9.18. The molecule has 0 bridgehead atoms. The van der Waals surface area contributed by atoms with E-state index in [-0.39, 0.29) is 17.7 Å². The van der Waals surface area contributed by atoms with Crippen molar-refractivity contribution in [2.75, 3.05) is 5.32 Å². The summed E-state index contributed by atoms with van der Waals surface area (Å²) in [6, 6.07) is 4.75. The lowest BCUT2D eigenvalue weighted by molar-refractivity contribution is 0.619. The van der Waals surface area contributed by atoms with Crippen LogP contribution >= 0.6 is 0 Å². The maximum absolute atomic E-state index is 13.3. The molecule has 0 aliphatic rings. The summed E-state index contributed by atoms with van der Waals surface area (Å²) in [5.41, 5.74) is 0.854. The predicted molar refractivity (Wildman–Crippen MR) is 59.4 cm³/mol. The molecule has 16 heavy (non-hydrogen) atoms. The molecule has 2 aromatic rings. The fraction of sp³-hybridized carbons (Fsp3) is 0.273. The van der Waals surface area contributed by atoms with Gasteiger partial charge >= 0.3 is 0 Å². The Bertz CT molecular complexity index is 480. The summed E-state index contributed by atoms with van der Waals surface area (Å²) in [7, 11) is 1.84. The molecule has 0 saturated carbocycles. The molecule has 0 aromatic carbocycles. The summed E-state index contributed by atoms with van der Waals surface area (Å²) in [6.45, 7) is 1.91. The number of halogens is 1. The van der Waals surface area contributed by atoms with Crippen molar-refractivity contribution in [3.05, 3.63) is 42.1 Å². The molecule has 0 fully saturated rings. The third-order valence-electron chi connectivity index (χ3n) is 2.29. The van der Waals surface area contributed by atoms with Gasteiger partial charge in [0.25, 0.3) is 0 Å². The largest absolute Gasteiger partial charge is 0.359 e. The number of rotatable bonds is 3. The van der Waals surface area contributed by atoms with Crippen molar-refractivity contribution in [1.29, 1.82) is 0 Å².